The minimum Gasteiger partial charge on any atom is -0.744 e. The molecule has 1 aliphatic rings. The number of nitrogens with one attached hydrogen (secondary N) is 2. The van der Waals surface area contributed by atoms with Crippen LogP contribution >= 0.6 is 0 Å². The molecule has 1 aromatic carbocycles. The Kier molecular flexibility index (Phi) is 11.2. The van der Waals surface area contributed by atoms with Gasteiger partial charge in [-0.3, -0.25) is 0 Å². The maximum absolute atomic E-state index is 11.3. The minimum absolute atomic E-state index is 0. The first-order chi connectivity index (χ1) is 11.5. The summed E-state index contributed by atoms with van der Waals surface area (Å²) in [6, 6.07) is 4.75. The molecule has 0 saturated carbocycles. The minimum atomic E-state index is -4.45. The van der Waals surface area contributed by atoms with Crippen LogP contribution in [0.15, 0.2) is 23.1 Å². The number of hydrogen-bond acceptors (Lipinski definition) is 5. The molecule has 2 N–H and O–H groups in total. The van der Waals surface area contributed by atoms with Crippen LogP contribution in [0.3, 0.4) is 0 Å². The topological polar surface area (TPSA) is 81.3 Å². The van der Waals surface area contributed by atoms with Gasteiger partial charge in [-0.2, -0.15) is 0 Å². The van der Waals surface area contributed by atoms with Crippen molar-refractivity contribution >= 4 is 21.5 Å². The fraction of sp³-hybridized carbons (Fsp3) is 0.667. The number of unbranched alkanes of at least 4 members (excludes halogenated alkanes) is 8. The average Bonchev–Trinajstić information content (AvgIpc) is 2.95. The summed E-state index contributed by atoms with van der Waals surface area (Å²) in [6.45, 7) is 2.23. The molecule has 0 spiro atoms. The summed E-state index contributed by atoms with van der Waals surface area (Å²) in [6.07, 6.45) is 12.4. The standard InChI is InChI=1S/C18H30N2O3S.K/c1-2-3-4-5-6-7-8-9-10-14-17-19-15-12-11-13-16(18(15)20-17)24(21,22)23;/h11-13,17,19-20H,2-10,14H2,1H3,(H,21,22,23);/q;+1/p-1. The molecule has 136 valence electrons. The average molecular weight is 393 g/mol. The van der Waals surface area contributed by atoms with Gasteiger partial charge in [-0.15, -0.1) is 0 Å². The molecular weight excluding hydrogens is 363 g/mol. The van der Waals surface area contributed by atoms with Gasteiger partial charge in [0.1, 0.15) is 10.1 Å². The van der Waals surface area contributed by atoms with Crippen LogP contribution in [0.4, 0.5) is 11.4 Å². The summed E-state index contributed by atoms with van der Waals surface area (Å²) in [7, 11) is -4.45. The number of anilines is 2. The Hall–Kier alpha value is 0.366. The van der Waals surface area contributed by atoms with Gasteiger partial charge in [0.2, 0.25) is 0 Å². The van der Waals surface area contributed by atoms with Crippen LogP contribution in [0.5, 0.6) is 0 Å². The van der Waals surface area contributed by atoms with E-state index >= 15 is 0 Å². The molecule has 0 aromatic heterocycles. The Morgan fingerprint density at radius 3 is 2.16 bits per heavy atom. The summed E-state index contributed by atoms with van der Waals surface area (Å²) < 4.78 is 33.9. The maximum atomic E-state index is 11.3. The van der Waals surface area contributed by atoms with Gasteiger partial charge in [-0.1, -0.05) is 64.4 Å². The molecule has 0 aliphatic carbocycles. The number of hydrogen-bond donors (Lipinski definition) is 2. The Morgan fingerprint density at radius 1 is 0.960 bits per heavy atom. The zero-order valence-corrected chi connectivity index (χ0v) is 19.5. The van der Waals surface area contributed by atoms with Gasteiger partial charge in [0.15, 0.2) is 0 Å². The Balaban J connectivity index is 0.00000312. The van der Waals surface area contributed by atoms with Crippen molar-refractivity contribution in [3.63, 3.8) is 0 Å². The van der Waals surface area contributed by atoms with Crippen LogP contribution in [-0.2, 0) is 10.1 Å². The number of rotatable bonds is 11. The second-order valence-electron chi connectivity index (χ2n) is 6.59. The second-order valence-corrected chi connectivity index (χ2v) is 7.94. The number of fused-ring (bicyclic) bond motifs is 1. The van der Waals surface area contributed by atoms with Crippen molar-refractivity contribution in [2.75, 3.05) is 10.6 Å². The molecule has 0 saturated heterocycles. The van der Waals surface area contributed by atoms with Crippen molar-refractivity contribution in [3.8, 4) is 0 Å². The van der Waals surface area contributed by atoms with E-state index in [1.54, 1.807) is 12.1 Å². The molecule has 0 amide bonds. The normalized spacial score (nSPS) is 15.8. The summed E-state index contributed by atoms with van der Waals surface area (Å²) in [5.74, 6) is 0. The van der Waals surface area contributed by atoms with Gasteiger partial charge in [0, 0.05) is 0 Å². The Morgan fingerprint density at radius 2 is 1.56 bits per heavy atom. The van der Waals surface area contributed by atoms with E-state index in [4.69, 9.17) is 0 Å². The zero-order chi connectivity index (χ0) is 17.4. The molecule has 0 bridgehead atoms. The molecule has 25 heavy (non-hydrogen) atoms. The van der Waals surface area contributed by atoms with E-state index in [-0.39, 0.29) is 62.4 Å². The summed E-state index contributed by atoms with van der Waals surface area (Å²) in [5, 5.41) is 6.40. The fourth-order valence-electron chi connectivity index (χ4n) is 3.21. The molecular formula is C18H29KN2O3S. The third-order valence-electron chi connectivity index (χ3n) is 4.54. The molecule has 1 aromatic rings. The monoisotopic (exact) mass is 392 g/mol. The van der Waals surface area contributed by atoms with Crippen LogP contribution in [0, 0.1) is 0 Å². The molecule has 1 heterocycles. The van der Waals surface area contributed by atoms with Crippen molar-refractivity contribution in [2.24, 2.45) is 0 Å². The van der Waals surface area contributed by atoms with Gasteiger partial charge in [-0.25, -0.2) is 8.42 Å². The summed E-state index contributed by atoms with van der Waals surface area (Å²) >= 11 is 0. The molecule has 5 nitrogen and oxygen atoms in total. The van der Waals surface area contributed by atoms with Crippen molar-refractivity contribution in [1.29, 1.82) is 0 Å². The molecule has 0 fully saturated rings. The largest absolute Gasteiger partial charge is 1.00 e. The van der Waals surface area contributed by atoms with Crippen LogP contribution in [-0.4, -0.2) is 19.1 Å². The molecule has 7 heteroatoms. The summed E-state index contributed by atoms with van der Waals surface area (Å²) in [4.78, 5) is -0.165. The Labute approximate surface area is 194 Å². The first-order valence-electron chi connectivity index (χ1n) is 9.14. The van der Waals surface area contributed by atoms with Crippen molar-refractivity contribution < 1.29 is 64.4 Å². The maximum Gasteiger partial charge on any atom is 1.00 e. The van der Waals surface area contributed by atoms with Gasteiger partial charge in [0.05, 0.1) is 22.4 Å². The number of para-hydroxylation sites is 1. The van der Waals surface area contributed by atoms with E-state index in [0.717, 1.165) is 12.8 Å². The predicted molar refractivity (Wildman–Crippen MR) is 97.3 cm³/mol. The smallest absolute Gasteiger partial charge is 0.744 e. The first kappa shape index (κ1) is 23.4. The van der Waals surface area contributed by atoms with E-state index in [2.05, 4.69) is 17.6 Å². The quantitative estimate of drug-likeness (QED) is 0.340. The van der Waals surface area contributed by atoms with Gasteiger partial charge < -0.3 is 15.2 Å². The van der Waals surface area contributed by atoms with Crippen LogP contribution in [0.1, 0.15) is 71.1 Å². The Bertz CT molecular complexity index is 623. The third-order valence-corrected chi connectivity index (χ3v) is 5.42. The van der Waals surface area contributed by atoms with Crippen molar-refractivity contribution in [2.45, 2.75) is 82.2 Å². The SMILES string of the molecule is CCCCCCCCCCCC1Nc2cccc(S(=O)(=O)[O-])c2N1.[K+]. The van der Waals surface area contributed by atoms with Crippen LogP contribution in [0.2, 0.25) is 0 Å². The molecule has 1 atom stereocenters. The van der Waals surface area contributed by atoms with E-state index < -0.39 is 10.1 Å². The van der Waals surface area contributed by atoms with Crippen molar-refractivity contribution in [1.82, 2.24) is 0 Å². The van der Waals surface area contributed by atoms with E-state index in [1.165, 1.54) is 57.4 Å². The molecule has 0 radical (unpaired) electrons. The third kappa shape index (κ3) is 7.87. The van der Waals surface area contributed by atoms with Crippen LogP contribution in [0.25, 0.3) is 0 Å². The van der Waals surface area contributed by atoms with E-state index in [0.29, 0.717) is 11.4 Å². The second kappa shape index (κ2) is 11.9. The van der Waals surface area contributed by atoms with E-state index in [9.17, 15) is 13.0 Å². The van der Waals surface area contributed by atoms with Gasteiger partial charge in [0.25, 0.3) is 0 Å². The number of benzene rings is 1. The first-order valence-corrected chi connectivity index (χ1v) is 10.5. The van der Waals surface area contributed by atoms with Crippen molar-refractivity contribution in [3.05, 3.63) is 18.2 Å². The molecule has 1 aliphatic heterocycles. The molecule has 2 rings (SSSR count). The fourth-order valence-corrected chi connectivity index (χ4v) is 3.87. The molecule has 1 unspecified atom stereocenters. The van der Waals surface area contributed by atoms with Crippen LogP contribution < -0.4 is 62.0 Å². The van der Waals surface area contributed by atoms with Gasteiger partial charge >= 0.3 is 51.4 Å². The van der Waals surface area contributed by atoms with E-state index in [1.807, 2.05) is 0 Å². The van der Waals surface area contributed by atoms with Gasteiger partial charge in [-0.05, 0) is 25.0 Å². The predicted octanol–water partition coefficient (Wildman–Crippen LogP) is 1.68. The summed E-state index contributed by atoms with van der Waals surface area (Å²) in [5.41, 5.74) is 1.13. The zero-order valence-electron chi connectivity index (χ0n) is 15.5.